The quantitative estimate of drug-likeness (QED) is 0.106. The average molecular weight is 541 g/mol. The molecule has 0 heterocycles. The molecule has 1 unspecified atom stereocenters. The van der Waals surface area contributed by atoms with Gasteiger partial charge in [-0.05, 0) is 28.4 Å². The Bertz CT molecular complexity index is 837. The van der Waals surface area contributed by atoms with Crippen LogP contribution in [0.1, 0.15) is 52.4 Å². The summed E-state index contributed by atoms with van der Waals surface area (Å²) in [6.45, 7) is 5.69. The summed E-state index contributed by atoms with van der Waals surface area (Å²) in [6.07, 6.45) is 8.01. The van der Waals surface area contributed by atoms with E-state index in [9.17, 15) is 0 Å². The highest BCUT2D eigenvalue weighted by Gasteiger charge is 2.45. The second kappa shape index (κ2) is 14.0. The zero-order valence-electron chi connectivity index (χ0n) is 21.4. The summed E-state index contributed by atoms with van der Waals surface area (Å²) < 4.78 is 8.24. The smallest absolute Gasteiger partial charge is 0.295 e. The maximum Gasteiger partial charge on any atom is 0.295 e. The summed E-state index contributed by atoms with van der Waals surface area (Å²) in [5, 5.41) is 3.90. The molecule has 0 saturated heterocycles. The topological polar surface area (TPSA) is 9.23 Å². The van der Waals surface area contributed by atoms with Crippen molar-refractivity contribution in [3.63, 3.8) is 0 Å². The predicted molar refractivity (Wildman–Crippen MR) is 145 cm³/mol. The first-order valence-electron chi connectivity index (χ1n) is 12.7. The number of quaternary nitrogens is 1. The predicted octanol–water partition coefficient (Wildman–Crippen LogP) is 2.46. The number of hydrogen-bond acceptors (Lipinski definition) is 1. The van der Waals surface area contributed by atoms with Gasteiger partial charge in [0.15, 0.2) is 6.23 Å². The molecule has 0 N–H and O–H groups in total. The number of hydrogen-bond donors (Lipinski definition) is 0. The average Bonchev–Trinajstić information content (AvgIpc) is 2.86. The fraction of sp³-hybridized carbons (Fsp3) is 0.400. The van der Waals surface area contributed by atoms with Crippen molar-refractivity contribution in [3.05, 3.63) is 91.0 Å². The first-order valence-corrected chi connectivity index (χ1v) is 14.6. The maximum atomic E-state index is 7.37. The van der Waals surface area contributed by atoms with Gasteiger partial charge in [0, 0.05) is 6.92 Å². The lowest BCUT2D eigenvalue weighted by Gasteiger charge is -2.42. The first-order chi connectivity index (χ1) is 16.0. The van der Waals surface area contributed by atoms with Crippen LogP contribution >= 0.6 is 0 Å². The molecular formula is C30H42BrNOSi. The van der Waals surface area contributed by atoms with E-state index in [4.69, 9.17) is 4.43 Å². The van der Waals surface area contributed by atoms with Crippen molar-refractivity contribution in [3.8, 4) is 0 Å². The minimum absolute atomic E-state index is 0. The van der Waals surface area contributed by atoms with E-state index in [1.165, 1.54) is 54.1 Å². The summed E-state index contributed by atoms with van der Waals surface area (Å²) in [6, 6.07) is 32.7. The maximum absolute atomic E-state index is 7.37. The van der Waals surface area contributed by atoms with E-state index in [2.05, 4.69) is 119 Å². The van der Waals surface area contributed by atoms with Crippen LogP contribution in [0.15, 0.2) is 91.0 Å². The summed E-state index contributed by atoms with van der Waals surface area (Å²) >= 11 is 0. The van der Waals surface area contributed by atoms with Gasteiger partial charge in [-0.1, -0.05) is 124 Å². The zero-order chi connectivity index (χ0) is 23.6. The molecule has 3 aromatic carbocycles. The molecule has 0 fully saturated rings. The Morgan fingerprint density at radius 1 is 0.647 bits per heavy atom. The van der Waals surface area contributed by atoms with E-state index in [-0.39, 0.29) is 23.2 Å². The molecule has 34 heavy (non-hydrogen) atoms. The molecule has 2 nitrogen and oxygen atoms in total. The van der Waals surface area contributed by atoms with Gasteiger partial charge in [0.1, 0.15) is 0 Å². The van der Waals surface area contributed by atoms with Crippen LogP contribution in [0.4, 0.5) is 0 Å². The van der Waals surface area contributed by atoms with Crippen molar-refractivity contribution >= 4 is 23.9 Å². The van der Waals surface area contributed by atoms with Crippen LogP contribution in [0.2, 0.25) is 0 Å². The Kier molecular flexibility index (Phi) is 11.7. The minimum atomic E-state index is -2.68. The molecule has 4 heteroatoms. The van der Waals surface area contributed by atoms with Gasteiger partial charge in [-0.3, -0.25) is 0 Å². The van der Waals surface area contributed by atoms with Crippen molar-refractivity contribution in [2.24, 2.45) is 0 Å². The van der Waals surface area contributed by atoms with Gasteiger partial charge in [-0.15, -0.1) is 0 Å². The third-order valence-corrected chi connectivity index (χ3v) is 11.1. The number of nitrogens with zero attached hydrogens (tertiary/aromatic N) is 1. The zero-order valence-corrected chi connectivity index (χ0v) is 24.0. The van der Waals surface area contributed by atoms with Crippen molar-refractivity contribution in [2.45, 2.75) is 58.6 Å². The summed E-state index contributed by atoms with van der Waals surface area (Å²) in [5.74, 6) is 0. The number of unbranched alkanes of at least 4 members (excludes halogenated alkanes) is 5. The SMILES string of the molecule is CCCCCCCC[N+](C)(C)C(C)O[Si](c1ccccc1)(c1ccccc1)c1ccccc1.[Br-]. The number of benzene rings is 3. The monoisotopic (exact) mass is 539 g/mol. The summed E-state index contributed by atoms with van der Waals surface area (Å²) in [5.41, 5.74) is 0. The standard InChI is InChI=1S/C30H42NOSi.BrH/c1-5-6-7-8-9-19-26-31(3,4)27(2)32-33(28-20-13-10-14-21-28,29-22-15-11-16-23-29)30-24-17-12-18-25-30;/h10-18,20-25,27H,5-9,19,26H2,1-4H3;1H/q+1;/p-1. The normalized spacial score (nSPS) is 12.7. The highest BCUT2D eigenvalue weighted by Crippen LogP contribution is 2.19. The van der Waals surface area contributed by atoms with Crippen LogP contribution in [0.3, 0.4) is 0 Å². The lowest BCUT2D eigenvalue weighted by molar-refractivity contribution is -0.932. The molecule has 0 aliphatic carbocycles. The van der Waals surface area contributed by atoms with E-state index in [0.717, 1.165) is 11.0 Å². The largest absolute Gasteiger partial charge is 1.00 e. The van der Waals surface area contributed by atoms with Crippen molar-refractivity contribution in [1.29, 1.82) is 0 Å². The molecule has 0 aliphatic rings. The molecule has 0 amide bonds. The van der Waals surface area contributed by atoms with E-state index >= 15 is 0 Å². The second-order valence-corrected chi connectivity index (χ2v) is 13.1. The van der Waals surface area contributed by atoms with Gasteiger partial charge in [-0.25, -0.2) is 0 Å². The molecule has 3 aromatic rings. The summed E-state index contributed by atoms with van der Waals surface area (Å²) in [7, 11) is 1.98. The van der Waals surface area contributed by atoms with Crippen molar-refractivity contribution in [1.82, 2.24) is 0 Å². The van der Waals surface area contributed by atoms with Gasteiger partial charge in [0.2, 0.25) is 0 Å². The molecule has 0 radical (unpaired) electrons. The first kappa shape index (κ1) is 28.5. The Labute approximate surface area is 219 Å². The molecule has 1 atom stereocenters. The van der Waals surface area contributed by atoms with Gasteiger partial charge >= 0.3 is 0 Å². The van der Waals surface area contributed by atoms with E-state index in [1.807, 2.05) is 0 Å². The lowest BCUT2D eigenvalue weighted by atomic mass is 10.1. The molecule has 0 aliphatic heterocycles. The molecule has 0 bridgehead atoms. The van der Waals surface area contributed by atoms with E-state index in [1.54, 1.807) is 0 Å². The Morgan fingerprint density at radius 3 is 1.44 bits per heavy atom. The van der Waals surface area contributed by atoms with Crippen LogP contribution in [0.25, 0.3) is 0 Å². The van der Waals surface area contributed by atoms with Crippen molar-refractivity contribution < 1.29 is 25.9 Å². The van der Waals surface area contributed by atoms with Crippen LogP contribution in [-0.4, -0.2) is 39.7 Å². The summed E-state index contributed by atoms with van der Waals surface area (Å²) in [4.78, 5) is 0. The molecule has 0 spiro atoms. The highest BCUT2D eigenvalue weighted by atomic mass is 79.9. The van der Waals surface area contributed by atoms with Crippen LogP contribution in [-0.2, 0) is 4.43 Å². The minimum Gasteiger partial charge on any atom is -1.00 e. The number of rotatable bonds is 13. The van der Waals surface area contributed by atoms with Gasteiger partial charge in [0.25, 0.3) is 8.32 Å². The second-order valence-electron chi connectivity index (χ2n) is 9.77. The van der Waals surface area contributed by atoms with Crippen LogP contribution in [0, 0.1) is 0 Å². The third kappa shape index (κ3) is 7.14. The van der Waals surface area contributed by atoms with Crippen molar-refractivity contribution in [2.75, 3.05) is 20.6 Å². The Balaban J connectivity index is 0.00000408. The van der Waals surface area contributed by atoms with Gasteiger partial charge in [-0.2, -0.15) is 0 Å². The Hall–Kier alpha value is -1.72. The van der Waals surface area contributed by atoms with Gasteiger partial charge in [0.05, 0.1) is 20.6 Å². The Morgan fingerprint density at radius 2 is 1.03 bits per heavy atom. The van der Waals surface area contributed by atoms with Crippen LogP contribution < -0.4 is 32.5 Å². The highest BCUT2D eigenvalue weighted by molar-refractivity contribution is 7.07. The fourth-order valence-corrected chi connectivity index (χ4v) is 8.79. The lowest BCUT2D eigenvalue weighted by Crippen LogP contribution is -3.00. The molecule has 0 aromatic heterocycles. The van der Waals surface area contributed by atoms with E-state index in [0.29, 0.717) is 0 Å². The molecule has 3 rings (SSSR count). The van der Waals surface area contributed by atoms with E-state index < -0.39 is 8.32 Å². The molecule has 0 saturated carbocycles. The van der Waals surface area contributed by atoms with Gasteiger partial charge < -0.3 is 25.9 Å². The fourth-order valence-electron chi connectivity index (χ4n) is 4.60. The third-order valence-electron chi connectivity index (χ3n) is 6.96. The molecular weight excluding hydrogens is 498 g/mol. The van der Waals surface area contributed by atoms with Crippen LogP contribution in [0.5, 0.6) is 0 Å². The number of halogens is 1. The molecule has 184 valence electrons.